The van der Waals surface area contributed by atoms with Crippen LogP contribution in [-0.4, -0.2) is 62.1 Å². The van der Waals surface area contributed by atoms with Crippen LogP contribution in [0.1, 0.15) is 6.42 Å². The van der Waals surface area contributed by atoms with Crippen LogP contribution in [0.5, 0.6) is 0 Å². The second-order valence-corrected chi connectivity index (χ2v) is 6.85. The molecule has 0 bridgehead atoms. The topological polar surface area (TPSA) is 50.8 Å². The van der Waals surface area contributed by atoms with Crippen LogP contribution in [0.2, 0.25) is 0 Å². The van der Waals surface area contributed by atoms with Gasteiger partial charge in [0.2, 0.25) is 5.91 Å². The van der Waals surface area contributed by atoms with Gasteiger partial charge in [0.15, 0.2) is 0 Å². The van der Waals surface area contributed by atoms with Crippen molar-refractivity contribution in [3.8, 4) is 0 Å². The number of benzene rings is 1. The van der Waals surface area contributed by atoms with Gasteiger partial charge in [-0.3, -0.25) is 9.69 Å². The molecule has 2 aliphatic heterocycles. The Hall–Kier alpha value is -1.08. The van der Waals surface area contributed by atoms with Crippen molar-refractivity contribution in [2.24, 2.45) is 0 Å². The number of hydrogen-bond donors (Lipinski definition) is 1. The second-order valence-electron chi connectivity index (χ2n) is 5.60. The normalized spacial score (nSPS) is 25.6. The summed E-state index contributed by atoms with van der Waals surface area (Å²) in [5.41, 5.74) is 0.928. The Morgan fingerprint density at radius 3 is 3.18 bits per heavy atom. The average Bonchev–Trinajstić information content (AvgIpc) is 2.54. The molecule has 0 aliphatic carbocycles. The van der Waals surface area contributed by atoms with E-state index in [4.69, 9.17) is 9.47 Å². The smallest absolute Gasteiger partial charge is 0.237 e. The summed E-state index contributed by atoms with van der Waals surface area (Å²) in [6.07, 6.45) is 0.838. The van der Waals surface area contributed by atoms with E-state index in [9.17, 15) is 4.79 Å². The second kappa shape index (κ2) is 7.46. The number of nitrogens with zero attached hydrogens (tertiary/aromatic N) is 1. The molecular weight excluding hydrogens is 300 g/mol. The van der Waals surface area contributed by atoms with Crippen molar-refractivity contribution < 1.29 is 14.3 Å². The number of anilines is 1. The zero-order valence-corrected chi connectivity index (χ0v) is 13.6. The molecule has 1 aromatic carbocycles. The number of rotatable bonds is 5. The minimum absolute atomic E-state index is 0.0269. The fourth-order valence-corrected chi connectivity index (χ4v) is 3.99. The molecule has 1 amide bonds. The largest absolute Gasteiger partial charge is 0.383 e. The first-order valence-electron chi connectivity index (χ1n) is 7.65. The van der Waals surface area contributed by atoms with Crippen LogP contribution in [-0.2, 0) is 14.3 Å². The molecule has 1 fully saturated rings. The fraction of sp³-hybridized carbons (Fsp3) is 0.562. The molecule has 0 saturated carbocycles. The summed E-state index contributed by atoms with van der Waals surface area (Å²) < 4.78 is 10.8. The molecule has 3 rings (SSSR count). The van der Waals surface area contributed by atoms with Gasteiger partial charge in [0.25, 0.3) is 0 Å². The molecule has 1 saturated heterocycles. The highest BCUT2D eigenvalue weighted by atomic mass is 32.2. The van der Waals surface area contributed by atoms with E-state index < -0.39 is 0 Å². The van der Waals surface area contributed by atoms with Crippen molar-refractivity contribution in [1.82, 2.24) is 4.90 Å². The summed E-state index contributed by atoms with van der Waals surface area (Å²) in [6, 6.07) is 8.27. The van der Waals surface area contributed by atoms with E-state index >= 15 is 0 Å². The molecule has 2 unspecified atom stereocenters. The highest BCUT2D eigenvalue weighted by Gasteiger charge is 2.29. The van der Waals surface area contributed by atoms with Crippen LogP contribution in [0.25, 0.3) is 0 Å². The number of morpholine rings is 1. The van der Waals surface area contributed by atoms with Gasteiger partial charge >= 0.3 is 0 Å². The van der Waals surface area contributed by atoms with Gasteiger partial charge in [-0.15, -0.1) is 11.8 Å². The van der Waals surface area contributed by atoms with Gasteiger partial charge in [-0.05, 0) is 18.6 Å². The summed E-state index contributed by atoms with van der Waals surface area (Å²) in [5.74, 6) is 0.111. The van der Waals surface area contributed by atoms with Gasteiger partial charge < -0.3 is 14.8 Å². The lowest BCUT2D eigenvalue weighted by Crippen LogP contribution is -2.49. The lowest BCUT2D eigenvalue weighted by Gasteiger charge is -2.36. The number of ether oxygens (including phenoxy) is 2. The lowest BCUT2D eigenvalue weighted by atomic mass is 10.2. The fourth-order valence-electron chi connectivity index (χ4n) is 2.90. The van der Waals surface area contributed by atoms with Gasteiger partial charge in [0.05, 0.1) is 36.8 Å². The lowest BCUT2D eigenvalue weighted by molar-refractivity contribution is -0.116. The highest BCUT2D eigenvalue weighted by Crippen LogP contribution is 2.36. The molecule has 120 valence electrons. The van der Waals surface area contributed by atoms with Crippen LogP contribution in [0.15, 0.2) is 29.2 Å². The summed E-state index contributed by atoms with van der Waals surface area (Å²) in [4.78, 5) is 15.8. The van der Waals surface area contributed by atoms with E-state index in [0.29, 0.717) is 19.3 Å². The Morgan fingerprint density at radius 2 is 2.32 bits per heavy atom. The summed E-state index contributed by atoms with van der Waals surface area (Å²) in [6.45, 7) is 3.94. The van der Waals surface area contributed by atoms with Crippen LogP contribution < -0.4 is 5.32 Å². The van der Waals surface area contributed by atoms with Crippen molar-refractivity contribution in [3.63, 3.8) is 0 Å². The van der Waals surface area contributed by atoms with Crippen LogP contribution >= 0.6 is 11.8 Å². The minimum Gasteiger partial charge on any atom is -0.383 e. The number of thioether (sulfide) groups is 1. The van der Waals surface area contributed by atoms with E-state index in [1.165, 1.54) is 0 Å². The Kier molecular flexibility index (Phi) is 5.36. The van der Waals surface area contributed by atoms with Gasteiger partial charge in [0.1, 0.15) is 0 Å². The van der Waals surface area contributed by atoms with Crippen LogP contribution in [0.3, 0.4) is 0 Å². The summed E-state index contributed by atoms with van der Waals surface area (Å²) >= 11 is 1.67. The number of hydrogen-bond acceptors (Lipinski definition) is 5. The maximum absolute atomic E-state index is 12.2. The van der Waals surface area contributed by atoms with Crippen molar-refractivity contribution in [2.45, 2.75) is 22.6 Å². The molecule has 0 aromatic heterocycles. The van der Waals surface area contributed by atoms with Gasteiger partial charge in [-0.25, -0.2) is 0 Å². The van der Waals surface area contributed by atoms with Crippen molar-refractivity contribution in [3.05, 3.63) is 24.3 Å². The van der Waals surface area contributed by atoms with Gasteiger partial charge in [0, 0.05) is 25.1 Å². The zero-order chi connectivity index (χ0) is 15.4. The van der Waals surface area contributed by atoms with Crippen LogP contribution in [0, 0.1) is 0 Å². The molecule has 0 radical (unpaired) electrons. The number of fused-ring (bicyclic) bond motifs is 1. The summed E-state index contributed by atoms with van der Waals surface area (Å²) in [7, 11) is 1.72. The molecule has 6 heteroatoms. The predicted molar refractivity (Wildman–Crippen MR) is 87.4 cm³/mol. The van der Waals surface area contributed by atoms with E-state index in [-0.39, 0.29) is 11.2 Å². The predicted octanol–water partition coefficient (Wildman–Crippen LogP) is 1.84. The molecule has 0 spiro atoms. The number of nitrogens with one attached hydrogen (secondary N) is 1. The standard InChI is InChI=1S/C16H22N2O3S/c1-20-10-12-11-21-9-8-18(12)7-6-15-16(19)17-13-4-2-3-5-14(13)22-15/h2-5,12,15H,6-11H2,1H3,(H,17,19). The van der Waals surface area contributed by atoms with E-state index in [2.05, 4.69) is 16.3 Å². The Labute approximate surface area is 135 Å². The zero-order valence-electron chi connectivity index (χ0n) is 12.8. The van der Waals surface area contributed by atoms with Crippen LogP contribution in [0.4, 0.5) is 5.69 Å². The van der Waals surface area contributed by atoms with Gasteiger partial charge in [-0.1, -0.05) is 12.1 Å². The van der Waals surface area contributed by atoms with E-state index in [1.54, 1.807) is 18.9 Å². The first-order valence-corrected chi connectivity index (χ1v) is 8.53. The summed E-state index contributed by atoms with van der Waals surface area (Å²) in [5, 5.41) is 2.98. The third-order valence-corrected chi connectivity index (χ3v) is 5.44. The Balaban J connectivity index is 1.58. The van der Waals surface area contributed by atoms with Gasteiger partial charge in [-0.2, -0.15) is 0 Å². The van der Waals surface area contributed by atoms with E-state index in [0.717, 1.165) is 36.7 Å². The molecular formula is C16H22N2O3S. The molecule has 22 heavy (non-hydrogen) atoms. The number of amides is 1. The Bertz CT molecular complexity index is 524. The molecule has 2 aliphatic rings. The molecule has 1 aromatic rings. The van der Waals surface area contributed by atoms with Crippen molar-refractivity contribution in [1.29, 1.82) is 0 Å². The monoisotopic (exact) mass is 322 g/mol. The quantitative estimate of drug-likeness (QED) is 0.896. The third-order valence-electron chi connectivity index (χ3n) is 4.09. The number of carbonyl (C=O) groups excluding carboxylic acids is 1. The highest BCUT2D eigenvalue weighted by molar-refractivity contribution is 8.01. The molecule has 2 atom stereocenters. The molecule has 1 N–H and O–H groups in total. The first-order chi connectivity index (χ1) is 10.8. The first kappa shape index (κ1) is 15.8. The maximum atomic E-state index is 12.2. The molecule has 5 nitrogen and oxygen atoms in total. The van der Waals surface area contributed by atoms with Crippen molar-refractivity contribution in [2.75, 3.05) is 45.3 Å². The third kappa shape index (κ3) is 3.63. The average molecular weight is 322 g/mol. The minimum atomic E-state index is -0.0269. The number of methoxy groups -OCH3 is 1. The SMILES string of the molecule is COCC1COCCN1CCC1Sc2ccccc2NC1=O. The number of carbonyl (C=O) groups is 1. The molecule has 2 heterocycles. The maximum Gasteiger partial charge on any atom is 0.237 e. The van der Waals surface area contributed by atoms with E-state index in [1.807, 2.05) is 18.2 Å². The number of para-hydroxylation sites is 1. The van der Waals surface area contributed by atoms with Crippen molar-refractivity contribution >= 4 is 23.4 Å². The Morgan fingerprint density at radius 1 is 1.45 bits per heavy atom.